The molecule has 0 unspecified atom stereocenters. The van der Waals surface area contributed by atoms with E-state index in [9.17, 15) is 13.2 Å². The van der Waals surface area contributed by atoms with E-state index in [1.54, 1.807) is 12.1 Å². The molecule has 0 aromatic carbocycles. The van der Waals surface area contributed by atoms with E-state index in [4.69, 9.17) is 4.74 Å². The molecule has 2 aromatic rings. The Balaban J connectivity index is 1.29. The van der Waals surface area contributed by atoms with E-state index in [-0.39, 0.29) is 23.5 Å². The number of amides is 1. The molecule has 0 spiro atoms. The Bertz CT molecular complexity index is 1010. The van der Waals surface area contributed by atoms with Crippen LogP contribution < -0.4 is 15.4 Å². The highest BCUT2D eigenvalue weighted by atomic mass is 32.2. The first-order valence-corrected chi connectivity index (χ1v) is 12.2. The van der Waals surface area contributed by atoms with Gasteiger partial charge in [-0.25, -0.2) is 18.2 Å². The molecule has 2 aromatic heterocycles. The quantitative estimate of drug-likeness (QED) is 0.487. The summed E-state index contributed by atoms with van der Waals surface area (Å²) in [6, 6.07) is 5.53. The zero-order valence-corrected chi connectivity index (χ0v) is 18.5. The summed E-state index contributed by atoms with van der Waals surface area (Å²) in [5.41, 5.74) is 2.42. The number of anilines is 3. The van der Waals surface area contributed by atoms with Crippen LogP contribution in [0.2, 0.25) is 0 Å². The summed E-state index contributed by atoms with van der Waals surface area (Å²) >= 11 is 0. The van der Waals surface area contributed by atoms with Crippen molar-refractivity contribution in [2.75, 3.05) is 10.0 Å². The number of alkyl carbamates (subject to hydrolysis) is 1. The standard InChI is InChI=1S/C21H29N5O4S/c1-13(2)24-21(27)30-17-5-3-14(9-17)19-10-16(12-22-19)25-20-8-4-15(11-23-20)26-31(28,29)18-6-7-18/h4,8,10-14,17-18,22,26H,3,5-7,9H2,1-2H3,(H,23,25)(H,24,27)/t14-,17+/m0/s1. The molecule has 0 saturated heterocycles. The zero-order chi connectivity index (χ0) is 22.0. The molecule has 2 atom stereocenters. The average Bonchev–Trinajstić information content (AvgIpc) is 3.31. The number of aromatic amines is 1. The fraction of sp³-hybridized carbons (Fsp3) is 0.524. The van der Waals surface area contributed by atoms with E-state index in [1.165, 1.54) is 6.20 Å². The van der Waals surface area contributed by atoms with Gasteiger partial charge in [-0.2, -0.15) is 0 Å². The van der Waals surface area contributed by atoms with Gasteiger partial charge in [0.1, 0.15) is 11.9 Å². The largest absolute Gasteiger partial charge is 0.446 e. The lowest BCUT2D eigenvalue weighted by atomic mass is 10.0. The molecule has 4 N–H and O–H groups in total. The van der Waals surface area contributed by atoms with Gasteiger partial charge < -0.3 is 20.4 Å². The van der Waals surface area contributed by atoms with Gasteiger partial charge in [0.2, 0.25) is 10.0 Å². The first-order chi connectivity index (χ1) is 14.8. The molecule has 31 heavy (non-hydrogen) atoms. The Morgan fingerprint density at radius 2 is 2.00 bits per heavy atom. The first-order valence-electron chi connectivity index (χ1n) is 10.7. The maximum absolute atomic E-state index is 12.0. The monoisotopic (exact) mass is 447 g/mol. The van der Waals surface area contributed by atoms with Crippen molar-refractivity contribution in [3.8, 4) is 0 Å². The van der Waals surface area contributed by atoms with Crippen LogP contribution in [0.1, 0.15) is 57.6 Å². The van der Waals surface area contributed by atoms with Gasteiger partial charge >= 0.3 is 6.09 Å². The van der Waals surface area contributed by atoms with E-state index in [1.807, 2.05) is 26.1 Å². The number of nitrogens with one attached hydrogen (secondary N) is 4. The lowest BCUT2D eigenvalue weighted by Crippen LogP contribution is -2.33. The van der Waals surface area contributed by atoms with Gasteiger partial charge in [-0.1, -0.05) is 0 Å². The summed E-state index contributed by atoms with van der Waals surface area (Å²) in [6.07, 6.45) is 6.98. The van der Waals surface area contributed by atoms with Crippen LogP contribution >= 0.6 is 0 Å². The Morgan fingerprint density at radius 3 is 2.68 bits per heavy atom. The highest BCUT2D eigenvalue weighted by Crippen LogP contribution is 2.36. The number of sulfonamides is 1. The number of ether oxygens (including phenoxy) is 1. The minimum atomic E-state index is -3.29. The van der Waals surface area contributed by atoms with Crippen LogP contribution in [0.15, 0.2) is 30.6 Å². The fourth-order valence-corrected chi connectivity index (χ4v) is 5.15. The minimum Gasteiger partial charge on any atom is -0.446 e. The molecule has 2 saturated carbocycles. The molecule has 2 aliphatic carbocycles. The van der Waals surface area contributed by atoms with E-state index in [0.717, 1.165) is 43.5 Å². The number of nitrogens with zero attached hydrogens (tertiary/aromatic N) is 1. The lowest BCUT2D eigenvalue weighted by molar-refractivity contribution is 0.0981. The van der Waals surface area contributed by atoms with Gasteiger partial charge in [0.25, 0.3) is 0 Å². The molecule has 2 aliphatic rings. The van der Waals surface area contributed by atoms with Crippen molar-refractivity contribution in [3.63, 3.8) is 0 Å². The molecule has 1 amide bonds. The Morgan fingerprint density at radius 1 is 1.19 bits per heavy atom. The van der Waals surface area contributed by atoms with Crippen LogP contribution in [0.3, 0.4) is 0 Å². The van der Waals surface area contributed by atoms with Gasteiger partial charge in [0.05, 0.1) is 22.8 Å². The predicted octanol–water partition coefficient (Wildman–Crippen LogP) is 3.83. The van der Waals surface area contributed by atoms with Gasteiger partial charge in [-0.15, -0.1) is 0 Å². The van der Waals surface area contributed by atoms with E-state index in [0.29, 0.717) is 17.4 Å². The number of carbonyl (C=O) groups is 1. The lowest BCUT2D eigenvalue weighted by Gasteiger charge is -2.14. The molecule has 10 heteroatoms. The molecule has 9 nitrogen and oxygen atoms in total. The van der Waals surface area contributed by atoms with Crippen LogP contribution in [0, 0.1) is 0 Å². The highest BCUT2D eigenvalue weighted by molar-refractivity contribution is 7.93. The molecule has 2 fully saturated rings. The van der Waals surface area contributed by atoms with E-state index in [2.05, 4.69) is 25.3 Å². The summed E-state index contributed by atoms with van der Waals surface area (Å²) in [4.78, 5) is 19.4. The predicted molar refractivity (Wildman–Crippen MR) is 119 cm³/mol. The van der Waals surface area contributed by atoms with Crippen molar-refractivity contribution >= 4 is 33.3 Å². The number of aromatic nitrogens is 2. The van der Waals surface area contributed by atoms with Crippen LogP contribution in [0.25, 0.3) is 0 Å². The third kappa shape index (κ3) is 5.69. The topological polar surface area (TPSA) is 125 Å². The van der Waals surface area contributed by atoms with Crippen molar-refractivity contribution in [2.45, 2.75) is 69.3 Å². The smallest absolute Gasteiger partial charge is 0.407 e. The van der Waals surface area contributed by atoms with Crippen LogP contribution in [0.5, 0.6) is 0 Å². The van der Waals surface area contributed by atoms with Crippen molar-refractivity contribution in [3.05, 3.63) is 36.3 Å². The number of H-pyrrole nitrogens is 1. The Hall–Kier alpha value is -2.75. The van der Waals surface area contributed by atoms with Crippen LogP contribution in [-0.2, 0) is 14.8 Å². The minimum absolute atomic E-state index is 0.0581. The van der Waals surface area contributed by atoms with Gasteiger partial charge in [0.15, 0.2) is 0 Å². The third-order valence-electron chi connectivity index (χ3n) is 5.47. The maximum Gasteiger partial charge on any atom is 0.407 e. The molecular formula is C21H29N5O4S. The maximum atomic E-state index is 12.0. The summed E-state index contributed by atoms with van der Waals surface area (Å²) in [5, 5.41) is 5.71. The second-order valence-corrected chi connectivity index (χ2v) is 10.5. The summed E-state index contributed by atoms with van der Waals surface area (Å²) in [7, 11) is -3.29. The number of hydrogen-bond donors (Lipinski definition) is 4. The normalized spacial score (nSPS) is 21.1. The second kappa shape index (κ2) is 8.78. The van der Waals surface area contributed by atoms with E-state index >= 15 is 0 Å². The molecule has 2 heterocycles. The van der Waals surface area contributed by atoms with Crippen molar-refractivity contribution in [1.82, 2.24) is 15.3 Å². The van der Waals surface area contributed by atoms with Crippen molar-refractivity contribution < 1.29 is 17.9 Å². The number of pyridine rings is 1. The second-order valence-electron chi connectivity index (χ2n) is 8.58. The molecule has 168 valence electrons. The summed E-state index contributed by atoms with van der Waals surface area (Å²) < 4.78 is 32.1. The number of carbonyl (C=O) groups excluding carboxylic acids is 1. The van der Waals surface area contributed by atoms with Gasteiger partial charge in [-0.3, -0.25) is 4.72 Å². The van der Waals surface area contributed by atoms with Gasteiger partial charge in [0, 0.05) is 23.9 Å². The van der Waals surface area contributed by atoms with Crippen molar-refractivity contribution in [1.29, 1.82) is 0 Å². The summed E-state index contributed by atoms with van der Waals surface area (Å²) in [5.74, 6) is 0.928. The Kier molecular flexibility index (Phi) is 6.08. The molecule has 4 rings (SSSR count). The zero-order valence-electron chi connectivity index (χ0n) is 17.7. The average molecular weight is 448 g/mol. The van der Waals surface area contributed by atoms with Gasteiger partial charge in [-0.05, 0) is 64.2 Å². The molecular weight excluding hydrogens is 418 g/mol. The molecule has 0 radical (unpaired) electrons. The molecule has 0 aliphatic heterocycles. The molecule has 0 bridgehead atoms. The third-order valence-corrected chi connectivity index (χ3v) is 7.34. The van der Waals surface area contributed by atoms with Crippen molar-refractivity contribution in [2.24, 2.45) is 0 Å². The summed E-state index contributed by atoms with van der Waals surface area (Å²) in [6.45, 7) is 3.81. The van der Waals surface area contributed by atoms with Crippen LogP contribution in [0.4, 0.5) is 22.0 Å². The number of hydrogen-bond acceptors (Lipinski definition) is 6. The highest BCUT2D eigenvalue weighted by Gasteiger charge is 2.35. The van der Waals surface area contributed by atoms with Crippen LogP contribution in [-0.4, -0.2) is 41.9 Å². The fourth-order valence-electron chi connectivity index (χ4n) is 3.77. The van der Waals surface area contributed by atoms with E-state index < -0.39 is 10.0 Å². The first kappa shape index (κ1) is 21.5. The Labute approximate surface area is 182 Å². The SMILES string of the molecule is CC(C)NC(=O)O[C@@H]1CC[C@H](c2cc(Nc3ccc(NS(=O)(=O)C4CC4)cn3)c[nH]2)C1. The number of rotatable bonds is 8.